The highest BCUT2D eigenvalue weighted by Gasteiger charge is 2.25. The van der Waals surface area contributed by atoms with E-state index in [2.05, 4.69) is 23.2 Å². The van der Waals surface area contributed by atoms with E-state index in [0.29, 0.717) is 12.2 Å². The average molecular weight is 266 g/mol. The van der Waals surface area contributed by atoms with Crippen molar-refractivity contribution >= 4 is 11.6 Å². The Morgan fingerprint density at radius 1 is 1.30 bits per heavy atom. The van der Waals surface area contributed by atoms with Crippen LogP contribution in [0.15, 0.2) is 42.6 Å². The summed E-state index contributed by atoms with van der Waals surface area (Å²) in [4.78, 5) is 16.5. The predicted molar refractivity (Wildman–Crippen MR) is 79.5 cm³/mol. The summed E-state index contributed by atoms with van der Waals surface area (Å²) in [6.07, 6.45) is 5.23. The maximum Gasteiger partial charge on any atom is 0.144 e. The van der Waals surface area contributed by atoms with Crippen LogP contribution in [0.4, 0.5) is 5.82 Å². The van der Waals surface area contributed by atoms with E-state index in [9.17, 15) is 4.79 Å². The lowest BCUT2D eigenvalue weighted by Gasteiger charge is -2.24. The quantitative estimate of drug-likeness (QED) is 0.929. The molecule has 0 bridgehead atoms. The molecule has 0 aliphatic heterocycles. The van der Waals surface area contributed by atoms with Crippen LogP contribution in [0.5, 0.6) is 0 Å². The lowest BCUT2D eigenvalue weighted by Crippen LogP contribution is -2.20. The molecule has 1 heterocycles. The van der Waals surface area contributed by atoms with E-state index in [1.807, 2.05) is 12.1 Å². The van der Waals surface area contributed by atoms with Gasteiger partial charge in [-0.1, -0.05) is 24.3 Å². The summed E-state index contributed by atoms with van der Waals surface area (Å²) >= 11 is 0. The van der Waals surface area contributed by atoms with E-state index in [4.69, 9.17) is 5.73 Å². The molecule has 0 amide bonds. The minimum atomic E-state index is 0.0364. The Bertz CT molecular complexity index is 636. The first-order valence-corrected chi connectivity index (χ1v) is 7.05. The molecule has 3 nitrogen and oxygen atoms in total. The molecular weight excluding hydrogens is 248 g/mol. The second-order valence-corrected chi connectivity index (χ2v) is 5.38. The van der Waals surface area contributed by atoms with Gasteiger partial charge < -0.3 is 5.73 Å². The van der Waals surface area contributed by atoms with Gasteiger partial charge in [-0.3, -0.25) is 4.79 Å². The smallest absolute Gasteiger partial charge is 0.144 e. The van der Waals surface area contributed by atoms with Crippen LogP contribution in [-0.2, 0) is 17.6 Å². The fourth-order valence-corrected chi connectivity index (χ4v) is 3.02. The van der Waals surface area contributed by atoms with E-state index in [0.717, 1.165) is 24.8 Å². The number of carbonyl (C=O) groups excluding carboxylic acids is 1. The average Bonchev–Trinajstić information content (AvgIpc) is 2.46. The minimum Gasteiger partial charge on any atom is -0.384 e. The monoisotopic (exact) mass is 266 g/mol. The number of hydrogen-bond acceptors (Lipinski definition) is 3. The molecule has 2 N–H and O–H groups in total. The molecule has 0 spiro atoms. The van der Waals surface area contributed by atoms with Crippen molar-refractivity contribution in [2.45, 2.75) is 31.6 Å². The van der Waals surface area contributed by atoms with Crippen molar-refractivity contribution in [1.29, 1.82) is 0 Å². The summed E-state index contributed by atoms with van der Waals surface area (Å²) in [7, 11) is 0. The Morgan fingerprint density at radius 3 is 3.00 bits per heavy atom. The molecule has 0 saturated carbocycles. The van der Waals surface area contributed by atoms with Gasteiger partial charge in [-0.15, -0.1) is 0 Å². The highest BCUT2D eigenvalue weighted by atomic mass is 16.1. The van der Waals surface area contributed by atoms with Crippen LogP contribution in [0, 0.1) is 0 Å². The topological polar surface area (TPSA) is 56.0 Å². The standard InChI is InChI=1S/C17H18N2O/c18-17-11-12(8-9-19-17)10-16(20)15-7-3-5-13-4-1-2-6-14(13)15/h1-2,4,6,8-9,11,15H,3,5,7,10H2,(H2,18,19). The van der Waals surface area contributed by atoms with Crippen molar-refractivity contribution < 1.29 is 4.79 Å². The zero-order chi connectivity index (χ0) is 13.9. The van der Waals surface area contributed by atoms with Crippen LogP contribution in [0.2, 0.25) is 0 Å². The van der Waals surface area contributed by atoms with Gasteiger partial charge in [0, 0.05) is 18.5 Å². The minimum absolute atomic E-state index is 0.0364. The number of aromatic nitrogens is 1. The van der Waals surface area contributed by atoms with Crippen molar-refractivity contribution in [3.05, 3.63) is 59.3 Å². The number of rotatable bonds is 3. The number of carbonyl (C=O) groups is 1. The van der Waals surface area contributed by atoms with Gasteiger partial charge in [0.05, 0.1) is 0 Å². The van der Waals surface area contributed by atoms with Gasteiger partial charge in [0.1, 0.15) is 11.6 Å². The molecule has 1 aliphatic carbocycles. The fourth-order valence-electron chi connectivity index (χ4n) is 3.02. The van der Waals surface area contributed by atoms with Gasteiger partial charge in [-0.25, -0.2) is 4.98 Å². The molecule has 1 aromatic carbocycles. The molecule has 3 heteroatoms. The Morgan fingerprint density at radius 2 is 2.15 bits per heavy atom. The fraction of sp³-hybridized carbons (Fsp3) is 0.294. The molecule has 20 heavy (non-hydrogen) atoms. The van der Waals surface area contributed by atoms with Crippen LogP contribution in [0.3, 0.4) is 0 Å². The molecule has 1 atom stereocenters. The number of nitrogens with zero attached hydrogens (tertiary/aromatic N) is 1. The number of Topliss-reactive ketones (excluding diaryl/α,β-unsaturated/α-hetero) is 1. The molecule has 1 aliphatic rings. The highest BCUT2D eigenvalue weighted by molar-refractivity contribution is 5.88. The number of fused-ring (bicyclic) bond motifs is 1. The number of nitrogen functional groups attached to an aromatic ring is 1. The van der Waals surface area contributed by atoms with Crippen molar-refractivity contribution in [3.63, 3.8) is 0 Å². The van der Waals surface area contributed by atoms with E-state index in [1.54, 1.807) is 12.3 Å². The first-order valence-electron chi connectivity index (χ1n) is 7.05. The van der Waals surface area contributed by atoms with E-state index in [-0.39, 0.29) is 11.7 Å². The first kappa shape index (κ1) is 12.9. The molecule has 3 rings (SSSR count). The van der Waals surface area contributed by atoms with Gasteiger partial charge in [-0.05, 0) is 48.1 Å². The van der Waals surface area contributed by atoms with Gasteiger partial charge in [-0.2, -0.15) is 0 Å². The Labute approximate surface area is 118 Å². The second kappa shape index (κ2) is 5.45. The lowest BCUT2D eigenvalue weighted by molar-refractivity contribution is -0.120. The largest absolute Gasteiger partial charge is 0.384 e. The van der Waals surface area contributed by atoms with Crippen LogP contribution in [-0.4, -0.2) is 10.8 Å². The van der Waals surface area contributed by atoms with Gasteiger partial charge in [0.25, 0.3) is 0 Å². The summed E-state index contributed by atoms with van der Waals surface area (Å²) in [6.45, 7) is 0. The molecular formula is C17H18N2O. The number of hydrogen-bond donors (Lipinski definition) is 1. The molecule has 0 fully saturated rings. The third-order valence-electron chi connectivity index (χ3n) is 3.98. The third kappa shape index (κ3) is 2.57. The number of benzene rings is 1. The predicted octanol–water partition coefficient (Wildman–Crippen LogP) is 2.90. The van der Waals surface area contributed by atoms with Gasteiger partial charge >= 0.3 is 0 Å². The summed E-state index contributed by atoms with van der Waals surface area (Å²) < 4.78 is 0. The maximum absolute atomic E-state index is 12.6. The molecule has 102 valence electrons. The first-order chi connectivity index (χ1) is 9.74. The van der Waals surface area contributed by atoms with Crippen molar-refractivity contribution in [1.82, 2.24) is 4.98 Å². The number of ketones is 1. The Balaban J connectivity index is 1.82. The van der Waals surface area contributed by atoms with Crippen molar-refractivity contribution in [3.8, 4) is 0 Å². The zero-order valence-electron chi connectivity index (χ0n) is 11.4. The summed E-state index contributed by atoms with van der Waals surface area (Å²) in [5.74, 6) is 0.788. The third-order valence-corrected chi connectivity index (χ3v) is 3.98. The molecule has 0 radical (unpaired) electrons. The van der Waals surface area contributed by atoms with Crippen LogP contribution < -0.4 is 5.73 Å². The Kier molecular flexibility index (Phi) is 3.50. The lowest BCUT2D eigenvalue weighted by atomic mass is 9.79. The molecule has 0 saturated heterocycles. The second-order valence-electron chi connectivity index (χ2n) is 5.38. The van der Waals surface area contributed by atoms with Crippen LogP contribution in [0.25, 0.3) is 0 Å². The van der Waals surface area contributed by atoms with Gasteiger partial charge in [0.2, 0.25) is 0 Å². The SMILES string of the molecule is Nc1cc(CC(=O)C2CCCc3ccccc32)ccn1. The van der Waals surface area contributed by atoms with Crippen LogP contribution >= 0.6 is 0 Å². The zero-order valence-corrected chi connectivity index (χ0v) is 11.4. The summed E-state index contributed by atoms with van der Waals surface area (Å²) in [5.41, 5.74) is 9.16. The van der Waals surface area contributed by atoms with Crippen molar-refractivity contribution in [2.24, 2.45) is 0 Å². The van der Waals surface area contributed by atoms with Crippen LogP contribution in [0.1, 0.15) is 35.4 Å². The number of aryl methyl sites for hydroxylation is 1. The molecule has 1 unspecified atom stereocenters. The normalized spacial score (nSPS) is 17.5. The van der Waals surface area contributed by atoms with E-state index < -0.39 is 0 Å². The Hall–Kier alpha value is -2.16. The molecule has 1 aromatic heterocycles. The number of nitrogens with two attached hydrogens (primary N) is 1. The van der Waals surface area contributed by atoms with Crippen molar-refractivity contribution in [2.75, 3.05) is 5.73 Å². The number of anilines is 1. The summed E-state index contributed by atoms with van der Waals surface area (Å²) in [5, 5.41) is 0. The van der Waals surface area contributed by atoms with E-state index in [1.165, 1.54) is 11.1 Å². The molecule has 2 aromatic rings. The number of pyridine rings is 1. The van der Waals surface area contributed by atoms with Gasteiger partial charge in [0.15, 0.2) is 0 Å². The highest BCUT2D eigenvalue weighted by Crippen LogP contribution is 2.32. The maximum atomic E-state index is 12.6. The summed E-state index contributed by atoms with van der Waals surface area (Å²) in [6, 6.07) is 12.0. The van der Waals surface area contributed by atoms with E-state index >= 15 is 0 Å².